The van der Waals surface area contributed by atoms with E-state index in [-0.39, 0.29) is 29.5 Å². The Morgan fingerprint density at radius 3 is 2.88 bits per heavy atom. The van der Waals surface area contributed by atoms with E-state index in [4.69, 9.17) is 26.1 Å². The fourth-order valence-corrected chi connectivity index (χ4v) is 6.56. The van der Waals surface area contributed by atoms with Crippen molar-refractivity contribution in [1.29, 1.82) is 0 Å². The summed E-state index contributed by atoms with van der Waals surface area (Å²) < 4.78 is 12.9. The van der Waals surface area contributed by atoms with E-state index in [1.165, 1.54) is 11.3 Å². The first-order valence-electron chi connectivity index (χ1n) is 11.6. The number of Topliss-reactive ketones (excluding diaryl/α,β-unsaturated/α-hetero) is 1. The number of ether oxygens (including phenoxy) is 2. The molecule has 1 fully saturated rings. The summed E-state index contributed by atoms with van der Waals surface area (Å²) in [6.07, 6.45) is 3.37. The third-order valence-electron chi connectivity index (χ3n) is 6.79. The highest BCUT2D eigenvalue weighted by molar-refractivity contribution is 7.22. The van der Waals surface area contributed by atoms with Gasteiger partial charge >= 0.3 is 0 Å². The van der Waals surface area contributed by atoms with E-state index >= 15 is 0 Å². The second-order valence-corrected chi connectivity index (χ2v) is 10.3. The Morgan fingerprint density at radius 2 is 2.03 bits per heavy atom. The van der Waals surface area contributed by atoms with Crippen LogP contribution in [0.5, 0.6) is 5.75 Å². The maximum absolute atomic E-state index is 13.8. The third-order valence-corrected chi connectivity index (χ3v) is 8.05. The van der Waals surface area contributed by atoms with Crippen LogP contribution in [0.15, 0.2) is 53.8 Å². The minimum absolute atomic E-state index is 0.0257. The fourth-order valence-electron chi connectivity index (χ4n) is 5.29. The molecule has 3 heterocycles. The Labute approximate surface area is 206 Å². The van der Waals surface area contributed by atoms with Crippen LogP contribution in [0.1, 0.15) is 44.2 Å². The summed E-state index contributed by atoms with van der Waals surface area (Å²) in [7, 11) is 0. The van der Waals surface area contributed by atoms with Gasteiger partial charge in [-0.25, -0.2) is 4.98 Å². The van der Waals surface area contributed by atoms with Gasteiger partial charge in [-0.3, -0.25) is 14.5 Å². The van der Waals surface area contributed by atoms with Gasteiger partial charge in [0.1, 0.15) is 11.9 Å². The van der Waals surface area contributed by atoms with Crippen LogP contribution in [0.25, 0.3) is 10.2 Å². The number of thiazole rings is 1. The molecule has 3 atom stereocenters. The number of amides is 1. The molecule has 0 bridgehead atoms. The predicted molar refractivity (Wildman–Crippen MR) is 131 cm³/mol. The molecule has 6 rings (SSSR count). The van der Waals surface area contributed by atoms with Gasteiger partial charge in [-0.05, 0) is 62.1 Å². The number of rotatable bonds is 4. The number of halogens is 1. The van der Waals surface area contributed by atoms with Gasteiger partial charge in [0, 0.05) is 5.02 Å². The summed E-state index contributed by atoms with van der Waals surface area (Å²) in [6, 6.07) is 12.4. The van der Waals surface area contributed by atoms with Gasteiger partial charge in [0.05, 0.1) is 34.4 Å². The van der Waals surface area contributed by atoms with Crippen molar-refractivity contribution >= 4 is 50.0 Å². The Hall–Kier alpha value is -2.90. The number of nitrogens with zero attached hydrogens (tertiary/aromatic N) is 2. The Kier molecular flexibility index (Phi) is 5.34. The quantitative estimate of drug-likeness (QED) is 0.455. The molecule has 0 saturated heterocycles. The number of fused-ring (bicyclic) bond motifs is 2. The van der Waals surface area contributed by atoms with Crippen molar-refractivity contribution in [2.45, 2.75) is 44.8 Å². The summed E-state index contributed by atoms with van der Waals surface area (Å²) in [5.41, 5.74) is 2.00. The molecule has 3 aromatic rings. The number of hydrogen-bond donors (Lipinski definition) is 0. The van der Waals surface area contributed by atoms with Gasteiger partial charge in [0.15, 0.2) is 16.7 Å². The molecular formula is C26H23ClN2O4S. The molecule has 2 aliphatic heterocycles. The molecule has 1 amide bonds. The standard InChI is InChI=1S/C26H23ClN2O4S/c1-2-32-16-7-5-6-14(12-16)22-21-23(30)17-8-3-4-9-19(17)33-24(21)25(31)29(22)26-28-18-11-10-15(27)13-20(18)34-26/h5-7,10-13,17,19,22H,2-4,8-9H2,1H3. The van der Waals surface area contributed by atoms with Crippen LogP contribution in [0, 0.1) is 5.92 Å². The first-order valence-corrected chi connectivity index (χ1v) is 12.8. The number of hydrogen-bond acceptors (Lipinski definition) is 6. The molecule has 0 radical (unpaired) electrons. The lowest BCUT2D eigenvalue weighted by Crippen LogP contribution is -2.39. The summed E-state index contributed by atoms with van der Waals surface area (Å²) in [5, 5.41) is 1.12. The molecule has 0 N–H and O–H groups in total. The van der Waals surface area contributed by atoms with E-state index in [1.54, 1.807) is 11.0 Å². The van der Waals surface area contributed by atoms with E-state index in [0.29, 0.717) is 28.1 Å². The van der Waals surface area contributed by atoms with Gasteiger partial charge in [0.2, 0.25) is 0 Å². The van der Waals surface area contributed by atoms with Crippen LogP contribution in [-0.4, -0.2) is 29.4 Å². The molecule has 1 aromatic heterocycles. The van der Waals surface area contributed by atoms with Crippen LogP contribution in [-0.2, 0) is 14.3 Å². The van der Waals surface area contributed by atoms with Gasteiger partial charge in [-0.15, -0.1) is 0 Å². The van der Waals surface area contributed by atoms with Crippen molar-refractivity contribution in [3.63, 3.8) is 0 Å². The Morgan fingerprint density at radius 1 is 1.18 bits per heavy atom. The fraction of sp³-hybridized carbons (Fsp3) is 0.346. The zero-order chi connectivity index (χ0) is 23.4. The van der Waals surface area contributed by atoms with Crippen molar-refractivity contribution in [2.75, 3.05) is 11.5 Å². The predicted octanol–water partition coefficient (Wildman–Crippen LogP) is 5.85. The molecule has 2 aromatic carbocycles. The summed E-state index contributed by atoms with van der Waals surface area (Å²) in [4.78, 5) is 33.9. The van der Waals surface area contributed by atoms with E-state index in [0.717, 1.165) is 41.5 Å². The van der Waals surface area contributed by atoms with Gasteiger partial charge < -0.3 is 9.47 Å². The second kappa shape index (κ2) is 8.40. The first-order chi connectivity index (χ1) is 16.5. The summed E-state index contributed by atoms with van der Waals surface area (Å²) in [6.45, 7) is 2.45. The van der Waals surface area contributed by atoms with Crippen molar-refractivity contribution < 1.29 is 19.1 Å². The Balaban J connectivity index is 1.51. The van der Waals surface area contributed by atoms with Crippen LogP contribution < -0.4 is 9.64 Å². The number of anilines is 1. The molecule has 3 unspecified atom stereocenters. The zero-order valence-electron chi connectivity index (χ0n) is 18.6. The lowest BCUT2D eigenvalue weighted by atomic mass is 9.77. The molecule has 6 nitrogen and oxygen atoms in total. The van der Waals surface area contributed by atoms with Crippen LogP contribution in [0.4, 0.5) is 5.13 Å². The molecule has 1 saturated carbocycles. The summed E-state index contributed by atoms with van der Waals surface area (Å²) in [5.74, 6) is 0.378. The first kappa shape index (κ1) is 21.6. The average Bonchev–Trinajstić information content (AvgIpc) is 3.38. The molecule has 8 heteroatoms. The minimum atomic E-state index is -0.616. The second-order valence-electron chi connectivity index (χ2n) is 8.85. The number of ketones is 1. The average molecular weight is 495 g/mol. The summed E-state index contributed by atoms with van der Waals surface area (Å²) >= 11 is 7.57. The van der Waals surface area contributed by atoms with Crippen LogP contribution in [0.2, 0.25) is 5.02 Å². The highest BCUT2D eigenvalue weighted by Crippen LogP contribution is 2.49. The van der Waals surface area contributed by atoms with E-state index in [1.807, 2.05) is 43.3 Å². The minimum Gasteiger partial charge on any atom is -0.494 e. The monoisotopic (exact) mass is 494 g/mol. The third kappa shape index (κ3) is 3.41. The zero-order valence-corrected chi connectivity index (χ0v) is 20.2. The molecule has 0 spiro atoms. The van der Waals surface area contributed by atoms with Gasteiger partial charge in [0.25, 0.3) is 5.91 Å². The van der Waals surface area contributed by atoms with Gasteiger partial charge in [-0.2, -0.15) is 0 Å². The van der Waals surface area contributed by atoms with E-state index < -0.39 is 6.04 Å². The lowest BCUT2D eigenvalue weighted by Gasteiger charge is -2.35. The molecular weight excluding hydrogens is 472 g/mol. The number of carbonyl (C=O) groups excluding carboxylic acids is 2. The topological polar surface area (TPSA) is 68.7 Å². The maximum Gasteiger partial charge on any atom is 0.296 e. The van der Waals surface area contributed by atoms with Crippen molar-refractivity contribution in [1.82, 2.24) is 4.98 Å². The number of carbonyl (C=O) groups is 2. The van der Waals surface area contributed by atoms with E-state index in [9.17, 15) is 9.59 Å². The van der Waals surface area contributed by atoms with Crippen molar-refractivity contribution in [3.05, 3.63) is 64.4 Å². The molecule has 34 heavy (non-hydrogen) atoms. The lowest BCUT2D eigenvalue weighted by molar-refractivity contribution is -0.131. The van der Waals surface area contributed by atoms with Crippen LogP contribution in [0.3, 0.4) is 0 Å². The van der Waals surface area contributed by atoms with Gasteiger partial charge in [-0.1, -0.05) is 41.5 Å². The number of aromatic nitrogens is 1. The Bertz CT molecular complexity index is 1350. The smallest absolute Gasteiger partial charge is 0.296 e. The maximum atomic E-state index is 13.8. The number of benzene rings is 2. The van der Waals surface area contributed by atoms with E-state index in [2.05, 4.69) is 0 Å². The SMILES string of the molecule is CCOc1cccc(C2C3=C(OC4CCCCC4C3=O)C(=O)N2c2nc3ccc(Cl)cc3s2)c1. The molecule has 174 valence electrons. The van der Waals surface area contributed by atoms with Crippen LogP contribution >= 0.6 is 22.9 Å². The highest BCUT2D eigenvalue weighted by atomic mass is 35.5. The normalized spacial score (nSPS) is 24.3. The molecule has 1 aliphatic carbocycles. The highest BCUT2D eigenvalue weighted by Gasteiger charge is 2.53. The largest absolute Gasteiger partial charge is 0.494 e. The molecule has 3 aliphatic rings. The van der Waals surface area contributed by atoms with Crippen molar-refractivity contribution in [2.24, 2.45) is 5.92 Å². The van der Waals surface area contributed by atoms with Crippen molar-refractivity contribution in [3.8, 4) is 5.75 Å².